The summed E-state index contributed by atoms with van der Waals surface area (Å²) in [6.07, 6.45) is 3.60. The van der Waals surface area contributed by atoms with Gasteiger partial charge in [0.15, 0.2) is 0 Å². The summed E-state index contributed by atoms with van der Waals surface area (Å²) in [5.74, 6) is -1.17. The van der Waals surface area contributed by atoms with E-state index in [1.165, 1.54) is 0 Å². The molecule has 0 saturated carbocycles. The molecule has 1 aliphatic rings. The van der Waals surface area contributed by atoms with E-state index in [4.69, 9.17) is 21.7 Å². The maximum Gasteiger partial charge on any atom is 0.305 e. The quantitative estimate of drug-likeness (QED) is 0.609. The van der Waals surface area contributed by atoms with Crippen molar-refractivity contribution in [3.8, 4) is 11.3 Å². The summed E-state index contributed by atoms with van der Waals surface area (Å²) < 4.78 is 2.04. The van der Waals surface area contributed by atoms with Gasteiger partial charge in [-0.3, -0.25) is 9.59 Å². The third-order valence-electron chi connectivity index (χ3n) is 5.77. The fourth-order valence-electron chi connectivity index (χ4n) is 4.13. The number of pyridine rings is 1. The summed E-state index contributed by atoms with van der Waals surface area (Å²) >= 11 is 6.55. The molecule has 7 nitrogen and oxygen atoms in total. The second-order valence-corrected chi connectivity index (χ2v) is 8.27. The number of carboxylic acids is 1. The first kappa shape index (κ1) is 21.2. The third-order valence-corrected chi connectivity index (χ3v) is 6.10. The summed E-state index contributed by atoms with van der Waals surface area (Å²) in [6, 6.07) is 11.8. The molecule has 1 aromatic carbocycles. The normalized spacial score (nSPS) is 16.5. The molecule has 0 aliphatic carbocycles. The van der Waals surface area contributed by atoms with Crippen LogP contribution in [0.3, 0.4) is 0 Å². The van der Waals surface area contributed by atoms with E-state index in [9.17, 15) is 9.59 Å². The zero-order chi connectivity index (χ0) is 22.0. The van der Waals surface area contributed by atoms with Gasteiger partial charge in [-0.2, -0.15) is 0 Å². The van der Waals surface area contributed by atoms with Crippen LogP contribution in [0, 0.1) is 12.8 Å². The number of halogens is 1. The van der Waals surface area contributed by atoms with Gasteiger partial charge in [0.2, 0.25) is 5.91 Å². The van der Waals surface area contributed by atoms with Crippen LogP contribution in [0.1, 0.15) is 25.0 Å². The number of carboxylic acid groups (broad SMARTS) is 1. The Morgan fingerprint density at radius 3 is 2.90 bits per heavy atom. The number of benzene rings is 1. The minimum Gasteiger partial charge on any atom is -0.481 e. The number of carbonyl (C=O) groups excluding carboxylic acids is 1. The van der Waals surface area contributed by atoms with Crippen LogP contribution in [0.25, 0.3) is 16.9 Å². The van der Waals surface area contributed by atoms with Crippen molar-refractivity contribution in [1.29, 1.82) is 0 Å². The van der Waals surface area contributed by atoms with Gasteiger partial charge < -0.3 is 19.7 Å². The predicted molar refractivity (Wildman–Crippen MR) is 121 cm³/mol. The Balaban J connectivity index is 1.55. The lowest BCUT2D eigenvalue weighted by atomic mass is 9.96. The minimum absolute atomic E-state index is 0.0684. The Kier molecular flexibility index (Phi) is 6.13. The number of anilines is 1. The largest absolute Gasteiger partial charge is 0.481 e. The van der Waals surface area contributed by atoms with E-state index >= 15 is 0 Å². The van der Waals surface area contributed by atoms with E-state index in [2.05, 4.69) is 10.2 Å². The molecule has 4 rings (SSSR count). The number of rotatable bonds is 6. The van der Waals surface area contributed by atoms with Crippen LogP contribution in [0.15, 0.2) is 42.6 Å². The molecule has 162 valence electrons. The molecule has 0 bridgehead atoms. The molecule has 0 radical (unpaired) electrons. The van der Waals surface area contributed by atoms with Gasteiger partial charge in [-0.25, -0.2) is 4.98 Å². The molecule has 1 saturated heterocycles. The monoisotopic (exact) mass is 440 g/mol. The first-order valence-electron chi connectivity index (χ1n) is 10.4. The number of hydrogen-bond donors (Lipinski definition) is 2. The highest BCUT2D eigenvalue weighted by Gasteiger charge is 2.26. The summed E-state index contributed by atoms with van der Waals surface area (Å²) in [5.41, 5.74) is 4.60. The SMILES string of the molecule is Cc1c(-c2cc(N3CCCC(C(=O)NCCC(=O)O)C3)ccc2Cl)nc2ccccn12. The molecular weight excluding hydrogens is 416 g/mol. The summed E-state index contributed by atoms with van der Waals surface area (Å²) in [5, 5.41) is 12.1. The molecule has 1 atom stereocenters. The lowest BCUT2D eigenvalue weighted by Crippen LogP contribution is -2.43. The molecule has 2 N–H and O–H groups in total. The van der Waals surface area contributed by atoms with Crippen molar-refractivity contribution < 1.29 is 14.7 Å². The summed E-state index contributed by atoms with van der Waals surface area (Å²) in [6.45, 7) is 3.62. The van der Waals surface area contributed by atoms with Gasteiger partial charge in [0, 0.05) is 42.8 Å². The molecular formula is C23H25ClN4O3. The number of nitrogens with zero attached hydrogens (tertiary/aromatic N) is 3. The number of hydrogen-bond acceptors (Lipinski definition) is 4. The van der Waals surface area contributed by atoms with Gasteiger partial charge in [-0.15, -0.1) is 0 Å². The average molecular weight is 441 g/mol. The highest BCUT2D eigenvalue weighted by atomic mass is 35.5. The van der Waals surface area contributed by atoms with E-state index in [1.54, 1.807) is 0 Å². The molecule has 31 heavy (non-hydrogen) atoms. The van der Waals surface area contributed by atoms with Crippen molar-refractivity contribution in [3.05, 3.63) is 53.3 Å². The van der Waals surface area contributed by atoms with Crippen LogP contribution in [0.4, 0.5) is 5.69 Å². The Hall–Kier alpha value is -3.06. The molecule has 1 aliphatic heterocycles. The highest BCUT2D eigenvalue weighted by molar-refractivity contribution is 6.33. The number of fused-ring (bicyclic) bond motifs is 1. The maximum absolute atomic E-state index is 12.5. The fraction of sp³-hybridized carbons (Fsp3) is 0.348. The number of aliphatic carboxylic acids is 1. The molecule has 1 unspecified atom stereocenters. The Labute approximate surface area is 185 Å². The number of amides is 1. The third kappa shape index (κ3) is 4.51. The molecule has 0 spiro atoms. The van der Waals surface area contributed by atoms with Crippen molar-refractivity contribution in [2.45, 2.75) is 26.2 Å². The molecule has 2 aromatic heterocycles. The van der Waals surface area contributed by atoms with Gasteiger partial charge in [-0.05, 0) is 50.1 Å². The minimum atomic E-state index is -0.915. The fourth-order valence-corrected chi connectivity index (χ4v) is 4.33. The van der Waals surface area contributed by atoms with Crippen molar-refractivity contribution in [2.24, 2.45) is 5.92 Å². The number of piperidine rings is 1. The van der Waals surface area contributed by atoms with E-state index < -0.39 is 5.97 Å². The van der Waals surface area contributed by atoms with Crippen LogP contribution in [0.2, 0.25) is 5.02 Å². The van der Waals surface area contributed by atoms with Gasteiger partial charge in [-0.1, -0.05) is 17.7 Å². The predicted octanol–water partition coefficient (Wildman–Crippen LogP) is 3.77. The van der Waals surface area contributed by atoms with Crippen molar-refractivity contribution in [1.82, 2.24) is 14.7 Å². The maximum atomic E-state index is 12.5. The van der Waals surface area contributed by atoms with Crippen molar-refractivity contribution in [3.63, 3.8) is 0 Å². The molecule has 1 fully saturated rings. The molecule has 3 aromatic rings. The van der Waals surface area contributed by atoms with Gasteiger partial charge in [0.25, 0.3) is 0 Å². The number of nitrogens with one attached hydrogen (secondary N) is 1. The second-order valence-electron chi connectivity index (χ2n) is 7.86. The molecule has 1 amide bonds. The average Bonchev–Trinajstić information content (AvgIpc) is 3.10. The number of carbonyl (C=O) groups is 2. The lowest BCUT2D eigenvalue weighted by molar-refractivity contribution is -0.137. The first-order chi connectivity index (χ1) is 14.9. The van der Waals surface area contributed by atoms with Gasteiger partial charge in [0.1, 0.15) is 5.65 Å². The van der Waals surface area contributed by atoms with Crippen LogP contribution < -0.4 is 10.2 Å². The first-order valence-corrected chi connectivity index (χ1v) is 10.8. The Bertz CT molecular complexity index is 1130. The molecule has 8 heteroatoms. The van der Waals surface area contributed by atoms with E-state index in [-0.39, 0.29) is 24.8 Å². The van der Waals surface area contributed by atoms with Gasteiger partial charge in [0.05, 0.1) is 23.1 Å². The zero-order valence-corrected chi connectivity index (χ0v) is 18.1. The van der Waals surface area contributed by atoms with E-state index in [1.807, 2.05) is 53.9 Å². The Morgan fingerprint density at radius 1 is 1.29 bits per heavy atom. The zero-order valence-electron chi connectivity index (χ0n) is 17.3. The lowest BCUT2D eigenvalue weighted by Gasteiger charge is -2.34. The van der Waals surface area contributed by atoms with Crippen LogP contribution in [-0.2, 0) is 9.59 Å². The van der Waals surface area contributed by atoms with Crippen molar-refractivity contribution >= 4 is 34.8 Å². The second kappa shape index (κ2) is 8.98. The standard InChI is InChI=1S/C23H25ClN4O3/c1-15-22(26-20-6-2-3-12-28(15)20)18-13-17(7-8-19(18)24)27-11-4-5-16(14-27)23(31)25-10-9-21(29)30/h2-3,6-8,12-13,16H,4-5,9-11,14H2,1H3,(H,25,31)(H,29,30). The summed E-state index contributed by atoms with van der Waals surface area (Å²) in [4.78, 5) is 30.1. The van der Waals surface area contributed by atoms with Crippen LogP contribution >= 0.6 is 11.6 Å². The number of imidazole rings is 1. The van der Waals surface area contributed by atoms with Crippen LogP contribution in [-0.4, -0.2) is 46.0 Å². The highest BCUT2D eigenvalue weighted by Crippen LogP contribution is 2.35. The van der Waals surface area contributed by atoms with E-state index in [0.717, 1.165) is 47.7 Å². The smallest absolute Gasteiger partial charge is 0.305 e. The van der Waals surface area contributed by atoms with Gasteiger partial charge >= 0.3 is 5.97 Å². The van der Waals surface area contributed by atoms with Crippen LogP contribution in [0.5, 0.6) is 0 Å². The van der Waals surface area contributed by atoms with Crippen molar-refractivity contribution in [2.75, 3.05) is 24.5 Å². The number of aryl methyl sites for hydroxylation is 1. The topological polar surface area (TPSA) is 86.9 Å². The molecule has 3 heterocycles. The Morgan fingerprint density at radius 2 is 2.13 bits per heavy atom. The summed E-state index contributed by atoms with van der Waals surface area (Å²) in [7, 11) is 0. The van der Waals surface area contributed by atoms with E-state index in [0.29, 0.717) is 11.6 Å². The number of aromatic nitrogens is 2.